The monoisotopic (exact) mass is 477 g/mol. The van der Waals surface area contributed by atoms with Crippen molar-refractivity contribution in [1.29, 1.82) is 0 Å². The van der Waals surface area contributed by atoms with E-state index in [0.29, 0.717) is 0 Å². The van der Waals surface area contributed by atoms with E-state index in [1.807, 2.05) is 0 Å². The van der Waals surface area contributed by atoms with Gasteiger partial charge in [-0.2, -0.15) is 0 Å². The molecule has 1 aliphatic heterocycles. The van der Waals surface area contributed by atoms with Crippen LogP contribution in [0.3, 0.4) is 0 Å². The topological polar surface area (TPSA) is 3.24 Å². The Bertz CT molecular complexity index is 1670. The number of anilines is 3. The van der Waals surface area contributed by atoms with Gasteiger partial charge in [0.2, 0.25) is 0 Å². The molecule has 1 aliphatic carbocycles. The molecule has 37 heavy (non-hydrogen) atoms. The van der Waals surface area contributed by atoms with Crippen LogP contribution in [0.5, 0.6) is 0 Å². The van der Waals surface area contributed by atoms with Crippen molar-refractivity contribution in [2.24, 2.45) is 0 Å². The Hall–Kier alpha value is -4.10. The van der Waals surface area contributed by atoms with Crippen molar-refractivity contribution in [3.05, 3.63) is 138 Å². The quantitative estimate of drug-likeness (QED) is 0.244. The van der Waals surface area contributed by atoms with Crippen molar-refractivity contribution >= 4 is 17.1 Å². The normalized spacial score (nSPS) is 15.9. The van der Waals surface area contributed by atoms with Gasteiger partial charge in [-0.15, -0.1) is 0 Å². The van der Waals surface area contributed by atoms with E-state index in [9.17, 15) is 0 Å². The van der Waals surface area contributed by atoms with Crippen LogP contribution in [-0.4, -0.2) is 0 Å². The Balaban J connectivity index is 1.45. The molecule has 0 amide bonds. The van der Waals surface area contributed by atoms with Crippen molar-refractivity contribution in [3.8, 4) is 22.3 Å². The van der Waals surface area contributed by atoms with Gasteiger partial charge in [0.1, 0.15) is 0 Å². The van der Waals surface area contributed by atoms with Crippen molar-refractivity contribution in [1.82, 2.24) is 0 Å². The standard InChI is InChI=1S/C36H31N/c1-35(2)29-15-9-8-14-27(29)28-20-19-26(23-31(28)35)37-33-17-11-10-16-30(33)36(3,4)32-22-25(18-21-34(32)37)24-12-6-5-7-13-24/h5-23H,1-4H3. The van der Waals surface area contributed by atoms with Crippen LogP contribution in [0.4, 0.5) is 17.1 Å². The summed E-state index contributed by atoms with van der Waals surface area (Å²) in [6.07, 6.45) is 0. The first-order chi connectivity index (χ1) is 17.9. The van der Waals surface area contributed by atoms with Gasteiger partial charge in [0.05, 0.1) is 11.4 Å². The summed E-state index contributed by atoms with van der Waals surface area (Å²) in [5, 5.41) is 0. The molecule has 7 rings (SSSR count). The zero-order valence-corrected chi connectivity index (χ0v) is 21.9. The molecule has 0 bridgehead atoms. The predicted octanol–water partition coefficient (Wildman–Crippen LogP) is 9.77. The molecule has 0 saturated heterocycles. The molecule has 0 fully saturated rings. The fourth-order valence-electron chi connectivity index (χ4n) is 6.62. The third-order valence-corrected chi connectivity index (χ3v) is 8.66. The highest BCUT2D eigenvalue weighted by molar-refractivity contribution is 5.90. The Morgan fingerprint density at radius 1 is 0.432 bits per heavy atom. The molecule has 0 aromatic heterocycles. The molecule has 5 aromatic carbocycles. The molecule has 0 radical (unpaired) electrons. The van der Waals surface area contributed by atoms with Crippen LogP contribution in [0.25, 0.3) is 22.3 Å². The van der Waals surface area contributed by atoms with Crippen molar-refractivity contribution in [2.75, 3.05) is 4.90 Å². The molecular weight excluding hydrogens is 446 g/mol. The van der Waals surface area contributed by atoms with Gasteiger partial charge in [-0.3, -0.25) is 0 Å². The fraction of sp³-hybridized carbons (Fsp3) is 0.167. The van der Waals surface area contributed by atoms with Crippen LogP contribution in [0.2, 0.25) is 0 Å². The van der Waals surface area contributed by atoms with Crippen LogP contribution in [0, 0.1) is 0 Å². The summed E-state index contributed by atoms with van der Waals surface area (Å²) in [6.45, 7) is 9.43. The summed E-state index contributed by atoms with van der Waals surface area (Å²) in [6, 6.07) is 42.6. The van der Waals surface area contributed by atoms with Crippen molar-refractivity contribution in [2.45, 2.75) is 38.5 Å². The number of hydrogen-bond acceptors (Lipinski definition) is 1. The number of para-hydroxylation sites is 1. The van der Waals surface area contributed by atoms with Crippen molar-refractivity contribution < 1.29 is 0 Å². The molecule has 1 heteroatoms. The first kappa shape index (κ1) is 22.1. The van der Waals surface area contributed by atoms with Crippen LogP contribution in [0.1, 0.15) is 49.9 Å². The maximum absolute atomic E-state index is 2.48. The third-order valence-electron chi connectivity index (χ3n) is 8.66. The lowest BCUT2D eigenvalue weighted by Crippen LogP contribution is -2.30. The van der Waals surface area contributed by atoms with Crippen molar-refractivity contribution in [3.63, 3.8) is 0 Å². The fourth-order valence-corrected chi connectivity index (χ4v) is 6.62. The van der Waals surface area contributed by atoms with E-state index in [1.54, 1.807) is 0 Å². The van der Waals surface area contributed by atoms with E-state index >= 15 is 0 Å². The number of hydrogen-bond donors (Lipinski definition) is 0. The largest absolute Gasteiger partial charge is 0.310 e. The number of fused-ring (bicyclic) bond motifs is 5. The molecular formula is C36H31N. The second-order valence-corrected chi connectivity index (χ2v) is 11.5. The Labute approximate surface area is 220 Å². The Morgan fingerprint density at radius 2 is 1.05 bits per heavy atom. The van der Waals surface area contributed by atoms with Crippen LogP contribution < -0.4 is 4.90 Å². The van der Waals surface area contributed by atoms with Gasteiger partial charge >= 0.3 is 0 Å². The van der Waals surface area contributed by atoms with Gasteiger partial charge in [0, 0.05) is 16.5 Å². The zero-order chi connectivity index (χ0) is 25.4. The van der Waals surface area contributed by atoms with E-state index in [2.05, 4.69) is 148 Å². The SMILES string of the molecule is CC1(C)c2ccccc2-c2ccc(N3c4ccccc4C(C)(C)c4cc(-c5ccccc5)ccc43)cc21. The Kier molecular flexibility index (Phi) is 4.60. The molecule has 0 atom stereocenters. The summed E-state index contributed by atoms with van der Waals surface area (Å²) in [7, 11) is 0. The summed E-state index contributed by atoms with van der Waals surface area (Å²) < 4.78 is 0. The van der Waals surface area contributed by atoms with Gasteiger partial charge in [0.25, 0.3) is 0 Å². The molecule has 1 nitrogen and oxygen atoms in total. The van der Waals surface area contributed by atoms with E-state index in [-0.39, 0.29) is 10.8 Å². The van der Waals surface area contributed by atoms with Gasteiger partial charge in [-0.1, -0.05) is 113 Å². The van der Waals surface area contributed by atoms with Gasteiger partial charge in [-0.05, 0) is 74.8 Å². The molecule has 180 valence electrons. The maximum Gasteiger partial charge on any atom is 0.0503 e. The van der Waals surface area contributed by atoms with Crippen LogP contribution in [-0.2, 0) is 10.8 Å². The minimum Gasteiger partial charge on any atom is -0.310 e. The first-order valence-corrected chi connectivity index (χ1v) is 13.2. The maximum atomic E-state index is 2.48. The van der Waals surface area contributed by atoms with Crippen LogP contribution in [0.15, 0.2) is 115 Å². The summed E-state index contributed by atoms with van der Waals surface area (Å²) in [5.74, 6) is 0. The highest BCUT2D eigenvalue weighted by atomic mass is 15.2. The minimum atomic E-state index is -0.112. The molecule has 0 saturated carbocycles. The lowest BCUT2D eigenvalue weighted by atomic mass is 9.72. The molecule has 1 heterocycles. The van der Waals surface area contributed by atoms with E-state index < -0.39 is 0 Å². The summed E-state index contributed by atoms with van der Waals surface area (Å²) >= 11 is 0. The van der Waals surface area contributed by atoms with Crippen LogP contribution >= 0.6 is 0 Å². The number of benzene rings is 5. The smallest absolute Gasteiger partial charge is 0.0503 e. The van der Waals surface area contributed by atoms with E-state index in [1.165, 1.54) is 61.6 Å². The summed E-state index contributed by atoms with van der Waals surface area (Å²) in [5.41, 5.74) is 14.4. The van der Waals surface area contributed by atoms with Gasteiger partial charge in [-0.25, -0.2) is 0 Å². The van der Waals surface area contributed by atoms with Gasteiger partial charge < -0.3 is 4.90 Å². The highest BCUT2D eigenvalue weighted by Gasteiger charge is 2.39. The Morgan fingerprint density at radius 3 is 1.86 bits per heavy atom. The molecule has 0 spiro atoms. The predicted molar refractivity (Wildman–Crippen MR) is 156 cm³/mol. The second kappa shape index (κ2) is 7.70. The third kappa shape index (κ3) is 3.10. The molecule has 0 N–H and O–H groups in total. The lowest BCUT2D eigenvalue weighted by Gasteiger charge is -2.42. The zero-order valence-electron chi connectivity index (χ0n) is 21.9. The van der Waals surface area contributed by atoms with E-state index in [4.69, 9.17) is 0 Å². The summed E-state index contributed by atoms with van der Waals surface area (Å²) in [4.78, 5) is 2.48. The molecule has 2 aliphatic rings. The van der Waals surface area contributed by atoms with E-state index in [0.717, 1.165) is 0 Å². The lowest BCUT2D eigenvalue weighted by molar-refractivity contribution is 0.632. The molecule has 5 aromatic rings. The first-order valence-electron chi connectivity index (χ1n) is 13.2. The van der Waals surface area contributed by atoms with Gasteiger partial charge in [0.15, 0.2) is 0 Å². The second-order valence-electron chi connectivity index (χ2n) is 11.5. The number of rotatable bonds is 2. The highest BCUT2D eigenvalue weighted by Crippen LogP contribution is 2.55. The average Bonchev–Trinajstić information content (AvgIpc) is 3.16. The minimum absolute atomic E-state index is 0.0312. The number of nitrogens with zero attached hydrogens (tertiary/aromatic N) is 1. The average molecular weight is 478 g/mol. The molecule has 0 unspecified atom stereocenters.